The number of ether oxygens (including phenoxy) is 2. The Morgan fingerprint density at radius 2 is 2.33 bits per heavy atom. The topological polar surface area (TPSA) is 38.7 Å². The molecule has 1 heterocycles. The smallest absolute Gasteiger partial charge is 0.165 e. The van der Waals surface area contributed by atoms with E-state index in [-0.39, 0.29) is 17.8 Å². The number of aliphatic hydroxyl groups is 1. The van der Waals surface area contributed by atoms with Crippen molar-refractivity contribution in [1.82, 2.24) is 0 Å². The van der Waals surface area contributed by atoms with Gasteiger partial charge in [-0.2, -0.15) is 0 Å². The Bertz CT molecular complexity index is 408. The molecule has 0 bridgehead atoms. The highest BCUT2D eigenvalue weighted by Crippen LogP contribution is 2.35. The van der Waals surface area contributed by atoms with Gasteiger partial charge in [0.25, 0.3) is 0 Å². The summed E-state index contributed by atoms with van der Waals surface area (Å²) in [4.78, 5) is 0. The molecule has 0 radical (unpaired) electrons. The second-order valence-electron chi connectivity index (χ2n) is 4.61. The number of rotatable bonds is 4. The first-order valence-corrected chi connectivity index (χ1v) is 6.30. The largest absolute Gasteiger partial charge is 0.494 e. The van der Waals surface area contributed by atoms with E-state index in [0.29, 0.717) is 12.2 Å². The van der Waals surface area contributed by atoms with Crippen molar-refractivity contribution in [2.75, 3.05) is 13.7 Å². The number of methoxy groups -OCH3 is 1. The van der Waals surface area contributed by atoms with E-state index < -0.39 is 11.9 Å². The number of hydrogen-bond donors (Lipinski definition) is 1. The summed E-state index contributed by atoms with van der Waals surface area (Å²) in [5, 5.41) is 10.3. The molecule has 100 valence electrons. The Morgan fingerprint density at radius 3 is 2.94 bits per heavy atom. The molecule has 0 amide bonds. The fourth-order valence-electron chi connectivity index (χ4n) is 2.56. The summed E-state index contributed by atoms with van der Waals surface area (Å²) in [6.07, 6.45) is 1.05. The minimum Gasteiger partial charge on any atom is -0.494 e. The van der Waals surface area contributed by atoms with Crippen molar-refractivity contribution in [3.63, 3.8) is 0 Å². The Hall–Kier alpha value is -1.13. The van der Waals surface area contributed by atoms with Crippen LogP contribution in [-0.4, -0.2) is 24.9 Å². The number of hydrogen-bond acceptors (Lipinski definition) is 3. The average Bonchev–Trinajstić information content (AvgIpc) is 2.86. The minimum atomic E-state index is -0.683. The molecule has 1 fully saturated rings. The van der Waals surface area contributed by atoms with E-state index in [4.69, 9.17) is 9.47 Å². The zero-order chi connectivity index (χ0) is 13.1. The molecule has 1 aromatic carbocycles. The fraction of sp³-hybridized carbons (Fsp3) is 0.571. The SMILES string of the molecule is CCC1OCCC1C(O)c1ccc(OC)c(F)c1. The van der Waals surface area contributed by atoms with Crippen LogP contribution in [0.3, 0.4) is 0 Å². The number of aliphatic hydroxyl groups excluding tert-OH is 1. The van der Waals surface area contributed by atoms with Crippen molar-refractivity contribution in [1.29, 1.82) is 0 Å². The van der Waals surface area contributed by atoms with E-state index >= 15 is 0 Å². The molecule has 1 aliphatic heterocycles. The summed E-state index contributed by atoms with van der Waals surface area (Å²) in [7, 11) is 1.42. The summed E-state index contributed by atoms with van der Waals surface area (Å²) in [5.74, 6) is -0.204. The van der Waals surface area contributed by atoms with Gasteiger partial charge in [0, 0.05) is 12.5 Å². The first-order chi connectivity index (χ1) is 8.67. The van der Waals surface area contributed by atoms with Crippen LogP contribution in [-0.2, 0) is 4.74 Å². The van der Waals surface area contributed by atoms with Crippen LogP contribution in [0.4, 0.5) is 4.39 Å². The molecule has 0 aromatic heterocycles. The van der Waals surface area contributed by atoms with E-state index in [0.717, 1.165) is 12.8 Å². The third-order valence-corrected chi connectivity index (χ3v) is 3.59. The lowest BCUT2D eigenvalue weighted by Crippen LogP contribution is -2.22. The Balaban J connectivity index is 2.18. The van der Waals surface area contributed by atoms with Crippen molar-refractivity contribution in [3.8, 4) is 5.75 Å². The van der Waals surface area contributed by atoms with Gasteiger partial charge < -0.3 is 14.6 Å². The van der Waals surface area contributed by atoms with Crippen molar-refractivity contribution in [2.45, 2.75) is 32.0 Å². The number of benzene rings is 1. The van der Waals surface area contributed by atoms with Gasteiger partial charge in [-0.3, -0.25) is 0 Å². The summed E-state index contributed by atoms with van der Waals surface area (Å²) < 4.78 is 24.0. The molecule has 3 atom stereocenters. The normalized spacial score (nSPS) is 25.1. The van der Waals surface area contributed by atoms with Gasteiger partial charge >= 0.3 is 0 Å². The monoisotopic (exact) mass is 254 g/mol. The third kappa shape index (κ3) is 2.49. The molecule has 1 aromatic rings. The zero-order valence-corrected chi connectivity index (χ0v) is 10.7. The van der Waals surface area contributed by atoms with E-state index in [2.05, 4.69) is 0 Å². The third-order valence-electron chi connectivity index (χ3n) is 3.59. The fourth-order valence-corrected chi connectivity index (χ4v) is 2.56. The van der Waals surface area contributed by atoms with Crippen LogP contribution in [0.5, 0.6) is 5.75 Å². The first kappa shape index (κ1) is 13.3. The molecule has 1 saturated heterocycles. The van der Waals surface area contributed by atoms with Gasteiger partial charge in [-0.1, -0.05) is 13.0 Å². The molecule has 1 N–H and O–H groups in total. The molecule has 1 aliphatic rings. The van der Waals surface area contributed by atoms with Gasteiger partial charge in [-0.25, -0.2) is 4.39 Å². The maximum absolute atomic E-state index is 13.6. The van der Waals surface area contributed by atoms with Crippen molar-refractivity contribution < 1.29 is 19.0 Å². The van der Waals surface area contributed by atoms with Crippen molar-refractivity contribution in [3.05, 3.63) is 29.6 Å². The molecule has 0 spiro atoms. The van der Waals surface area contributed by atoms with Gasteiger partial charge in [-0.15, -0.1) is 0 Å². The van der Waals surface area contributed by atoms with E-state index in [1.54, 1.807) is 12.1 Å². The Morgan fingerprint density at radius 1 is 1.56 bits per heavy atom. The van der Waals surface area contributed by atoms with Gasteiger partial charge in [-0.05, 0) is 30.5 Å². The minimum absolute atomic E-state index is 0.0443. The van der Waals surface area contributed by atoms with E-state index in [1.165, 1.54) is 13.2 Å². The predicted octanol–water partition coefficient (Wildman–Crippen LogP) is 2.68. The second kappa shape index (κ2) is 5.67. The van der Waals surface area contributed by atoms with E-state index in [1.807, 2.05) is 6.92 Å². The summed E-state index contributed by atoms with van der Waals surface area (Å²) in [5.41, 5.74) is 0.585. The highest BCUT2D eigenvalue weighted by Gasteiger charge is 2.33. The summed E-state index contributed by atoms with van der Waals surface area (Å²) in [6.45, 7) is 2.70. The molecule has 3 nitrogen and oxygen atoms in total. The maximum Gasteiger partial charge on any atom is 0.165 e. The second-order valence-corrected chi connectivity index (χ2v) is 4.61. The first-order valence-electron chi connectivity index (χ1n) is 6.30. The molecular weight excluding hydrogens is 235 g/mol. The van der Waals surface area contributed by atoms with Crippen molar-refractivity contribution >= 4 is 0 Å². The molecule has 0 aliphatic carbocycles. The lowest BCUT2D eigenvalue weighted by atomic mass is 9.89. The van der Waals surface area contributed by atoms with Crippen LogP contribution in [0.25, 0.3) is 0 Å². The van der Waals surface area contributed by atoms with Crippen LogP contribution < -0.4 is 4.74 Å². The van der Waals surface area contributed by atoms with Crippen LogP contribution >= 0.6 is 0 Å². The summed E-state index contributed by atoms with van der Waals surface area (Å²) >= 11 is 0. The Labute approximate surface area is 107 Å². The molecule has 2 rings (SSSR count). The number of halogens is 1. The lowest BCUT2D eigenvalue weighted by molar-refractivity contribution is 0.0306. The van der Waals surface area contributed by atoms with Gasteiger partial charge in [0.1, 0.15) is 0 Å². The lowest BCUT2D eigenvalue weighted by Gasteiger charge is -2.23. The molecule has 0 saturated carbocycles. The van der Waals surface area contributed by atoms with Gasteiger partial charge in [0.15, 0.2) is 11.6 Å². The molecule has 18 heavy (non-hydrogen) atoms. The van der Waals surface area contributed by atoms with Crippen LogP contribution in [0.15, 0.2) is 18.2 Å². The van der Waals surface area contributed by atoms with E-state index in [9.17, 15) is 9.50 Å². The quantitative estimate of drug-likeness (QED) is 0.897. The van der Waals surface area contributed by atoms with Crippen LogP contribution in [0.2, 0.25) is 0 Å². The molecule has 4 heteroatoms. The molecular formula is C14H19FO3. The standard InChI is InChI=1S/C14H19FO3/c1-3-12-10(6-7-18-12)14(16)9-4-5-13(17-2)11(15)8-9/h4-5,8,10,12,14,16H,3,6-7H2,1-2H3. The summed E-state index contributed by atoms with van der Waals surface area (Å²) in [6, 6.07) is 4.59. The van der Waals surface area contributed by atoms with Gasteiger partial charge in [0.05, 0.1) is 19.3 Å². The average molecular weight is 254 g/mol. The molecule has 3 unspecified atom stereocenters. The zero-order valence-electron chi connectivity index (χ0n) is 10.7. The highest BCUT2D eigenvalue weighted by atomic mass is 19.1. The maximum atomic E-state index is 13.6. The highest BCUT2D eigenvalue weighted by molar-refractivity contribution is 5.30. The predicted molar refractivity (Wildman–Crippen MR) is 66.0 cm³/mol. The van der Waals surface area contributed by atoms with Crippen LogP contribution in [0.1, 0.15) is 31.4 Å². The van der Waals surface area contributed by atoms with Crippen molar-refractivity contribution in [2.24, 2.45) is 5.92 Å². The van der Waals surface area contributed by atoms with Crippen LogP contribution in [0, 0.1) is 11.7 Å². The Kier molecular flexibility index (Phi) is 4.19. The van der Waals surface area contributed by atoms with Gasteiger partial charge in [0.2, 0.25) is 0 Å².